The number of methoxy groups -OCH3 is 1. The Hall–Kier alpha value is -1.10. The number of hydrogen-bond donors (Lipinski definition) is 1. The van der Waals surface area contributed by atoms with Gasteiger partial charge in [0.05, 0.1) is 11.6 Å². The Balaban J connectivity index is 3.13. The number of amides is 1. The Morgan fingerprint density at radius 2 is 2.42 bits per heavy atom. The van der Waals surface area contributed by atoms with Crippen LogP contribution < -0.4 is 10.5 Å². The molecular weight excluding hydrogens is 224 g/mol. The standard InChI is InChI=1S/C7H7BrN2O2/c1-12-6-2-5(7(9)11)10-3-4(6)8/h2-3H,1H3,(H2,9,11). The van der Waals surface area contributed by atoms with Crippen LogP contribution in [0.15, 0.2) is 16.7 Å². The normalized spacial score (nSPS) is 9.50. The minimum Gasteiger partial charge on any atom is -0.495 e. The van der Waals surface area contributed by atoms with Gasteiger partial charge in [-0.1, -0.05) is 0 Å². The first-order valence-electron chi connectivity index (χ1n) is 3.14. The van der Waals surface area contributed by atoms with Crippen LogP contribution in [0.5, 0.6) is 5.75 Å². The second-order valence-corrected chi connectivity index (χ2v) is 2.92. The molecule has 12 heavy (non-hydrogen) atoms. The number of halogens is 1. The Morgan fingerprint density at radius 3 is 2.92 bits per heavy atom. The quantitative estimate of drug-likeness (QED) is 0.823. The van der Waals surface area contributed by atoms with E-state index in [1.54, 1.807) is 0 Å². The summed E-state index contributed by atoms with van der Waals surface area (Å²) >= 11 is 3.20. The van der Waals surface area contributed by atoms with Crippen LogP contribution in [-0.2, 0) is 0 Å². The number of rotatable bonds is 2. The van der Waals surface area contributed by atoms with Crippen molar-refractivity contribution in [3.05, 3.63) is 22.4 Å². The molecule has 1 amide bonds. The highest BCUT2D eigenvalue weighted by Crippen LogP contribution is 2.23. The summed E-state index contributed by atoms with van der Waals surface area (Å²) in [4.78, 5) is 14.5. The highest BCUT2D eigenvalue weighted by molar-refractivity contribution is 9.10. The van der Waals surface area contributed by atoms with Crippen LogP contribution in [0, 0.1) is 0 Å². The van der Waals surface area contributed by atoms with E-state index in [1.165, 1.54) is 19.4 Å². The molecule has 0 aliphatic heterocycles. The van der Waals surface area contributed by atoms with Crippen LogP contribution >= 0.6 is 15.9 Å². The molecule has 0 aliphatic rings. The lowest BCUT2D eigenvalue weighted by molar-refractivity contribution is 0.0995. The summed E-state index contributed by atoms with van der Waals surface area (Å²) in [5.41, 5.74) is 5.20. The number of aromatic nitrogens is 1. The summed E-state index contributed by atoms with van der Waals surface area (Å²) in [6.07, 6.45) is 1.47. The Bertz CT molecular complexity index is 314. The fraction of sp³-hybridized carbons (Fsp3) is 0.143. The predicted molar refractivity (Wildman–Crippen MR) is 47.0 cm³/mol. The van der Waals surface area contributed by atoms with E-state index in [-0.39, 0.29) is 5.69 Å². The van der Waals surface area contributed by atoms with Crippen LogP contribution in [0.2, 0.25) is 0 Å². The van der Waals surface area contributed by atoms with Crippen LogP contribution in [-0.4, -0.2) is 18.0 Å². The van der Waals surface area contributed by atoms with Crippen molar-refractivity contribution >= 4 is 21.8 Å². The van der Waals surface area contributed by atoms with E-state index in [2.05, 4.69) is 20.9 Å². The van der Waals surface area contributed by atoms with Crippen molar-refractivity contribution < 1.29 is 9.53 Å². The Kier molecular flexibility index (Phi) is 2.65. The zero-order chi connectivity index (χ0) is 9.14. The highest BCUT2D eigenvalue weighted by Gasteiger charge is 2.06. The number of pyridine rings is 1. The minimum absolute atomic E-state index is 0.190. The lowest BCUT2D eigenvalue weighted by Crippen LogP contribution is -2.12. The largest absolute Gasteiger partial charge is 0.495 e. The number of nitrogens with zero attached hydrogens (tertiary/aromatic N) is 1. The van der Waals surface area contributed by atoms with Gasteiger partial charge >= 0.3 is 0 Å². The molecule has 64 valence electrons. The maximum atomic E-state index is 10.7. The van der Waals surface area contributed by atoms with Crippen molar-refractivity contribution in [1.29, 1.82) is 0 Å². The molecule has 0 saturated carbocycles. The van der Waals surface area contributed by atoms with Crippen molar-refractivity contribution in [1.82, 2.24) is 4.98 Å². The fourth-order valence-corrected chi connectivity index (χ4v) is 1.09. The number of carbonyl (C=O) groups is 1. The van der Waals surface area contributed by atoms with Gasteiger partial charge in [0, 0.05) is 12.3 Å². The van der Waals surface area contributed by atoms with E-state index >= 15 is 0 Å². The Morgan fingerprint density at radius 1 is 1.75 bits per heavy atom. The number of nitrogens with two attached hydrogens (primary N) is 1. The zero-order valence-electron chi connectivity index (χ0n) is 6.37. The van der Waals surface area contributed by atoms with Gasteiger partial charge in [0.25, 0.3) is 5.91 Å². The van der Waals surface area contributed by atoms with E-state index < -0.39 is 5.91 Å². The molecule has 0 unspecified atom stereocenters. The predicted octanol–water partition coefficient (Wildman–Crippen LogP) is 0.952. The van der Waals surface area contributed by atoms with Crippen molar-refractivity contribution in [2.45, 2.75) is 0 Å². The van der Waals surface area contributed by atoms with Crippen LogP contribution in [0.3, 0.4) is 0 Å². The summed E-state index contributed by atoms with van der Waals surface area (Å²) in [6, 6.07) is 1.48. The number of ether oxygens (including phenoxy) is 1. The first kappa shape index (κ1) is 8.99. The lowest BCUT2D eigenvalue weighted by atomic mass is 10.3. The van der Waals surface area contributed by atoms with E-state index in [0.717, 1.165) is 0 Å². The number of hydrogen-bond acceptors (Lipinski definition) is 3. The smallest absolute Gasteiger partial charge is 0.267 e. The van der Waals surface area contributed by atoms with Crippen molar-refractivity contribution in [2.24, 2.45) is 5.73 Å². The molecule has 1 aromatic heterocycles. The molecule has 0 aromatic carbocycles. The van der Waals surface area contributed by atoms with Gasteiger partial charge < -0.3 is 10.5 Å². The van der Waals surface area contributed by atoms with Gasteiger partial charge in [0.2, 0.25) is 0 Å². The molecule has 1 heterocycles. The van der Waals surface area contributed by atoms with E-state index in [4.69, 9.17) is 10.5 Å². The van der Waals surface area contributed by atoms with Gasteiger partial charge in [0.15, 0.2) is 0 Å². The van der Waals surface area contributed by atoms with Crippen LogP contribution in [0.1, 0.15) is 10.5 Å². The van der Waals surface area contributed by atoms with Crippen LogP contribution in [0.4, 0.5) is 0 Å². The van der Waals surface area contributed by atoms with Gasteiger partial charge in [-0.3, -0.25) is 4.79 Å². The first-order chi connectivity index (χ1) is 5.65. The molecule has 5 heteroatoms. The fourth-order valence-electron chi connectivity index (χ4n) is 0.711. The average Bonchev–Trinajstić information content (AvgIpc) is 2.05. The second-order valence-electron chi connectivity index (χ2n) is 2.07. The molecular formula is C7H7BrN2O2. The van der Waals surface area contributed by atoms with Gasteiger partial charge in [-0.15, -0.1) is 0 Å². The zero-order valence-corrected chi connectivity index (χ0v) is 7.96. The molecule has 0 fully saturated rings. The SMILES string of the molecule is COc1cc(C(N)=O)ncc1Br. The summed E-state index contributed by atoms with van der Waals surface area (Å²) < 4.78 is 5.63. The minimum atomic E-state index is -0.569. The average molecular weight is 231 g/mol. The third kappa shape index (κ3) is 1.73. The summed E-state index contributed by atoms with van der Waals surface area (Å²) in [7, 11) is 1.50. The van der Waals surface area contributed by atoms with Gasteiger partial charge in [0.1, 0.15) is 11.4 Å². The maximum Gasteiger partial charge on any atom is 0.267 e. The van der Waals surface area contributed by atoms with E-state index in [1.807, 2.05) is 0 Å². The molecule has 0 saturated heterocycles. The highest BCUT2D eigenvalue weighted by atomic mass is 79.9. The molecule has 0 radical (unpaired) electrons. The summed E-state index contributed by atoms with van der Waals surface area (Å²) in [6.45, 7) is 0. The molecule has 1 rings (SSSR count). The first-order valence-corrected chi connectivity index (χ1v) is 3.93. The topological polar surface area (TPSA) is 65.2 Å². The monoisotopic (exact) mass is 230 g/mol. The molecule has 0 bridgehead atoms. The van der Waals surface area contributed by atoms with Crippen molar-refractivity contribution in [3.8, 4) is 5.75 Å². The molecule has 0 spiro atoms. The Labute approximate surface area is 77.9 Å². The molecule has 0 atom stereocenters. The van der Waals surface area contributed by atoms with Gasteiger partial charge in [-0.25, -0.2) is 4.98 Å². The third-order valence-corrected chi connectivity index (χ3v) is 1.89. The van der Waals surface area contributed by atoms with Crippen LogP contribution in [0.25, 0.3) is 0 Å². The van der Waals surface area contributed by atoms with E-state index in [9.17, 15) is 4.79 Å². The maximum absolute atomic E-state index is 10.7. The van der Waals surface area contributed by atoms with Crippen molar-refractivity contribution in [3.63, 3.8) is 0 Å². The van der Waals surface area contributed by atoms with Crippen molar-refractivity contribution in [2.75, 3.05) is 7.11 Å². The number of primary amides is 1. The molecule has 1 aromatic rings. The lowest BCUT2D eigenvalue weighted by Gasteiger charge is -2.02. The van der Waals surface area contributed by atoms with Gasteiger partial charge in [-0.2, -0.15) is 0 Å². The summed E-state index contributed by atoms with van der Waals surface area (Å²) in [5.74, 6) is -0.0281. The van der Waals surface area contributed by atoms with E-state index in [0.29, 0.717) is 10.2 Å². The second kappa shape index (κ2) is 3.53. The molecule has 4 nitrogen and oxygen atoms in total. The molecule has 2 N–H and O–H groups in total. The summed E-state index contributed by atoms with van der Waals surface area (Å²) in [5, 5.41) is 0. The third-order valence-electron chi connectivity index (χ3n) is 1.29. The molecule has 0 aliphatic carbocycles. The van der Waals surface area contributed by atoms with Gasteiger partial charge in [-0.05, 0) is 15.9 Å². The number of carbonyl (C=O) groups excluding carboxylic acids is 1.